The van der Waals surface area contributed by atoms with Gasteiger partial charge in [0, 0.05) is 18.0 Å². The van der Waals surface area contributed by atoms with Crippen LogP contribution < -0.4 is 16.2 Å². The zero-order valence-corrected chi connectivity index (χ0v) is 10.1. The summed E-state index contributed by atoms with van der Waals surface area (Å²) in [5.74, 6) is 0.264. The molecule has 4 nitrogen and oxygen atoms in total. The van der Waals surface area contributed by atoms with Crippen LogP contribution in [0.25, 0.3) is 10.8 Å². The molecule has 0 aromatic heterocycles. The Bertz CT molecular complexity index is 648. The van der Waals surface area contributed by atoms with Gasteiger partial charge in [-0.1, -0.05) is 12.6 Å². The van der Waals surface area contributed by atoms with Gasteiger partial charge in [-0.3, -0.25) is 4.79 Å². The summed E-state index contributed by atoms with van der Waals surface area (Å²) in [7, 11) is 0. The number of carbonyl (C=O) groups excluding carboxylic acids is 1. The van der Waals surface area contributed by atoms with E-state index in [1.807, 2.05) is 18.2 Å². The van der Waals surface area contributed by atoms with Crippen LogP contribution in [0.2, 0.25) is 0 Å². The van der Waals surface area contributed by atoms with Crippen molar-refractivity contribution in [1.29, 1.82) is 0 Å². The minimum atomic E-state index is -0.234. The Morgan fingerprint density at radius 1 is 1.22 bits per heavy atom. The Hall–Kier alpha value is -2.49. The summed E-state index contributed by atoms with van der Waals surface area (Å²) in [6.45, 7) is 4.95. The number of rotatable bonds is 3. The first-order valence-corrected chi connectivity index (χ1v) is 5.44. The zero-order valence-electron chi connectivity index (χ0n) is 10.1. The van der Waals surface area contributed by atoms with E-state index in [-0.39, 0.29) is 11.5 Å². The van der Waals surface area contributed by atoms with E-state index in [4.69, 9.17) is 16.2 Å². The average molecular weight is 242 g/mol. The number of ether oxygens (including phenoxy) is 1. The van der Waals surface area contributed by atoms with Crippen molar-refractivity contribution in [2.75, 3.05) is 11.5 Å². The molecule has 0 atom stereocenters. The summed E-state index contributed by atoms with van der Waals surface area (Å²) in [6, 6.07) is 8.95. The van der Waals surface area contributed by atoms with Gasteiger partial charge in [0.05, 0.1) is 5.69 Å². The highest BCUT2D eigenvalue weighted by Crippen LogP contribution is 2.34. The van der Waals surface area contributed by atoms with Crippen LogP contribution in [0.15, 0.2) is 42.7 Å². The van der Waals surface area contributed by atoms with Crippen LogP contribution in [0.5, 0.6) is 5.75 Å². The predicted molar refractivity (Wildman–Crippen MR) is 73.2 cm³/mol. The molecular weight excluding hydrogens is 228 g/mol. The molecule has 2 aromatic carbocycles. The van der Waals surface area contributed by atoms with Gasteiger partial charge in [-0.05, 0) is 29.7 Å². The maximum atomic E-state index is 11.2. The Morgan fingerprint density at radius 3 is 2.61 bits per heavy atom. The van der Waals surface area contributed by atoms with Crippen molar-refractivity contribution in [3.63, 3.8) is 0 Å². The lowest BCUT2D eigenvalue weighted by molar-refractivity contribution is -0.115. The summed E-state index contributed by atoms with van der Waals surface area (Å²) in [5.41, 5.74) is 12.7. The van der Waals surface area contributed by atoms with Gasteiger partial charge < -0.3 is 16.2 Å². The molecule has 0 spiro atoms. The fraction of sp³-hybridized carbons (Fsp3) is 0.0714. The van der Waals surface area contributed by atoms with Gasteiger partial charge in [0.1, 0.15) is 0 Å². The van der Waals surface area contributed by atoms with Crippen LogP contribution in [-0.4, -0.2) is 5.78 Å². The first-order chi connectivity index (χ1) is 8.49. The number of fused-ring (bicyclic) bond motifs is 1. The van der Waals surface area contributed by atoms with Gasteiger partial charge >= 0.3 is 0 Å². The molecule has 2 aromatic rings. The number of benzene rings is 2. The molecule has 0 saturated heterocycles. The van der Waals surface area contributed by atoms with Crippen LogP contribution in [0, 0.1) is 0 Å². The van der Waals surface area contributed by atoms with Crippen molar-refractivity contribution in [1.82, 2.24) is 0 Å². The molecule has 4 heteroatoms. The van der Waals surface area contributed by atoms with Gasteiger partial charge in [-0.25, -0.2) is 0 Å². The second-order valence-corrected chi connectivity index (χ2v) is 4.05. The quantitative estimate of drug-likeness (QED) is 0.492. The summed E-state index contributed by atoms with van der Waals surface area (Å²) < 4.78 is 5.45. The van der Waals surface area contributed by atoms with E-state index in [0.717, 1.165) is 10.8 Å². The minimum absolute atomic E-state index is 0.0611. The fourth-order valence-electron chi connectivity index (χ4n) is 1.65. The zero-order chi connectivity index (χ0) is 13.3. The van der Waals surface area contributed by atoms with E-state index in [1.54, 1.807) is 12.1 Å². The molecule has 0 fully saturated rings. The van der Waals surface area contributed by atoms with E-state index in [2.05, 4.69) is 6.58 Å². The third-order valence-electron chi connectivity index (χ3n) is 2.64. The van der Waals surface area contributed by atoms with Crippen molar-refractivity contribution >= 4 is 27.9 Å². The third kappa shape index (κ3) is 2.13. The van der Waals surface area contributed by atoms with Crippen LogP contribution in [0.3, 0.4) is 0 Å². The molecule has 2 rings (SSSR count). The number of hydrogen-bond acceptors (Lipinski definition) is 4. The SMILES string of the molecule is C=C(Oc1c(N)ccc2cc(N)ccc12)C(C)=O. The molecular formula is C14H14N2O2. The standard InChI is InChI=1S/C14H14N2O2/c1-8(17)9(2)18-14-12-5-4-11(15)7-10(12)3-6-13(14)16/h3-7H,2,15-16H2,1H3. The van der Waals surface area contributed by atoms with E-state index in [1.165, 1.54) is 6.92 Å². The van der Waals surface area contributed by atoms with Gasteiger partial charge in [0.15, 0.2) is 17.3 Å². The molecule has 0 radical (unpaired) electrons. The van der Waals surface area contributed by atoms with Crippen molar-refractivity contribution in [3.8, 4) is 5.75 Å². The molecule has 0 heterocycles. The van der Waals surface area contributed by atoms with Crippen LogP contribution in [0.4, 0.5) is 11.4 Å². The molecule has 0 aliphatic heterocycles. The monoisotopic (exact) mass is 242 g/mol. The Balaban J connectivity index is 2.58. The summed E-state index contributed by atoms with van der Waals surface area (Å²) in [6.07, 6.45) is 0. The fourth-order valence-corrected chi connectivity index (χ4v) is 1.65. The maximum absolute atomic E-state index is 11.2. The second-order valence-electron chi connectivity index (χ2n) is 4.05. The predicted octanol–water partition coefficient (Wildman–Crippen LogP) is 2.49. The van der Waals surface area contributed by atoms with Crippen molar-refractivity contribution in [2.45, 2.75) is 6.92 Å². The Kier molecular flexibility index (Phi) is 2.93. The second kappa shape index (κ2) is 4.41. The third-order valence-corrected chi connectivity index (χ3v) is 2.64. The number of Topliss-reactive ketones (excluding diaryl/α,β-unsaturated/α-hetero) is 1. The minimum Gasteiger partial charge on any atom is -0.451 e. The van der Waals surface area contributed by atoms with Crippen molar-refractivity contribution in [2.24, 2.45) is 0 Å². The molecule has 0 amide bonds. The van der Waals surface area contributed by atoms with E-state index < -0.39 is 0 Å². The Morgan fingerprint density at radius 2 is 1.94 bits per heavy atom. The van der Waals surface area contributed by atoms with E-state index in [0.29, 0.717) is 17.1 Å². The number of carbonyl (C=O) groups is 1. The van der Waals surface area contributed by atoms with Gasteiger partial charge in [0.2, 0.25) is 0 Å². The molecule has 0 saturated carbocycles. The summed E-state index contributed by atoms with van der Waals surface area (Å²) in [4.78, 5) is 11.2. The van der Waals surface area contributed by atoms with Crippen molar-refractivity contribution < 1.29 is 9.53 Å². The highest BCUT2D eigenvalue weighted by Gasteiger charge is 2.11. The van der Waals surface area contributed by atoms with Crippen LogP contribution in [-0.2, 0) is 4.79 Å². The molecule has 0 bridgehead atoms. The summed E-state index contributed by atoms with van der Waals surface area (Å²) >= 11 is 0. The molecule has 0 unspecified atom stereocenters. The lowest BCUT2D eigenvalue weighted by Gasteiger charge is -2.12. The number of anilines is 2. The molecule has 92 valence electrons. The molecule has 0 aliphatic carbocycles. The highest BCUT2D eigenvalue weighted by molar-refractivity contribution is 5.96. The molecule has 4 N–H and O–H groups in total. The van der Waals surface area contributed by atoms with Gasteiger partial charge in [-0.15, -0.1) is 0 Å². The maximum Gasteiger partial charge on any atom is 0.194 e. The highest BCUT2D eigenvalue weighted by atomic mass is 16.5. The van der Waals surface area contributed by atoms with Crippen molar-refractivity contribution in [3.05, 3.63) is 42.7 Å². The summed E-state index contributed by atoms with van der Waals surface area (Å²) in [5, 5.41) is 1.70. The largest absolute Gasteiger partial charge is 0.451 e. The number of allylic oxidation sites excluding steroid dienone is 1. The van der Waals surface area contributed by atoms with E-state index in [9.17, 15) is 4.79 Å². The smallest absolute Gasteiger partial charge is 0.194 e. The van der Waals surface area contributed by atoms with Gasteiger partial charge in [0.25, 0.3) is 0 Å². The lowest BCUT2D eigenvalue weighted by atomic mass is 10.1. The van der Waals surface area contributed by atoms with Gasteiger partial charge in [-0.2, -0.15) is 0 Å². The first kappa shape index (κ1) is 12.0. The normalized spacial score (nSPS) is 10.3. The van der Waals surface area contributed by atoms with Crippen LogP contribution >= 0.6 is 0 Å². The van der Waals surface area contributed by atoms with E-state index >= 15 is 0 Å². The number of nitrogens with two attached hydrogens (primary N) is 2. The number of nitrogen functional groups attached to an aromatic ring is 2. The average Bonchev–Trinajstić information content (AvgIpc) is 2.32. The first-order valence-electron chi connectivity index (χ1n) is 5.44. The van der Waals surface area contributed by atoms with Crippen LogP contribution in [0.1, 0.15) is 6.92 Å². The lowest BCUT2D eigenvalue weighted by Crippen LogP contribution is -2.05. The Labute approximate surface area is 105 Å². The number of ketones is 1. The topological polar surface area (TPSA) is 78.3 Å². The number of hydrogen-bond donors (Lipinski definition) is 2. The molecule has 0 aliphatic rings. The molecule has 18 heavy (non-hydrogen) atoms.